The number of carbonyl (C=O) groups is 2. The van der Waals surface area contributed by atoms with E-state index in [9.17, 15) is 18.0 Å². The molecule has 0 saturated carbocycles. The lowest BCUT2D eigenvalue weighted by Gasteiger charge is -2.20. The van der Waals surface area contributed by atoms with Gasteiger partial charge in [0.1, 0.15) is 0 Å². The monoisotopic (exact) mass is 529 g/mol. The van der Waals surface area contributed by atoms with E-state index >= 15 is 0 Å². The maximum absolute atomic E-state index is 12.7. The summed E-state index contributed by atoms with van der Waals surface area (Å²) in [6, 6.07) is 12.4. The van der Waals surface area contributed by atoms with E-state index < -0.39 is 16.1 Å². The van der Waals surface area contributed by atoms with Gasteiger partial charge in [-0.1, -0.05) is 42.6 Å². The van der Waals surface area contributed by atoms with Crippen LogP contribution in [0.2, 0.25) is 5.02 Å². The van der Waals surface area contributed by atoms with Crippen molar-refractivity contribution in [1.29, 1.82) is 0 Å². The molecule has 3 N–H and O–H groups in total. The molecule has 0 aliphatic carbocycles. The van der Waals surface area contributed by atoms with E-state index in [1.165, 1.54) is 12.1 Å². The van der Waals surface area contributed by atoms with E-state index in [1.807, 2.05) is 6.07 Å². The number of rotatable bonds is 7. The summed E-state index contributed by atoms with van der Waals surface area (Å²) in [5.41, 5.74) is 4.41. The van der Waals surface area contributed by atoms with Gasteiger partial charge in [0.2, 0.25) is 0 Å². The molecule has 0 atom stereocenters. The summed E-state index contributed by atoms with van der Waals surface area (Å²) in [7, 11) is -4.01. The van der Waals surface area contributed by atoms with Gasteiger partial charge in [-0.3, -0.25) is 15.2 Å². The summed E-state index contributed by atoms with van der Waals surface area (Å²) in [6.07, 6.45) is 6.23. The Bertz CT molecular complexity index is 1340. The molecule has 3 amide bonds. The largest absolute Gasteiger partial charge is 0.352 e. The second-order valence-electron chi connectivity index (χ2n) is 8.63. The first-order valence-electron chi connectivity index (χ1n) is 11.8. The SMILES string of the molecule is O=C(NN1CCCCCC1)NS(=O)(=O)c1ccc(CCNC(=O)c2cc(Cl)cc3cccnc23)cc1. The molecule has 1 aromatic heterocycles. The zero-order valence-corrected chi connectivity index (χ0v) is 21.2. The molecule has 2 aromatic carbocycles. The van der Waals surface area contributed by atoms with E-state index in [-0.39, 0.29) is 10.8 Å². The number of nitrogens with one attached hydrogen (secondary N) is 3. The van der Waals surface area contributed by atoms with Gasteiger partial charge < -0.3 is 5.32 Å². The number of nitrogens with zero attached hydrogens (tertiary/aromatic N) is 2. The minimum absolute atomic E-state index is 0.0160. The molecule has 0 radical (unpaired) electrons. The first kappa shape index (κ1) is 25.9. The lowest BCUT2D eigenvalue weighted by Crippen LogP contribution is -2.49. The van der Waals surface area contributed by atoms with Gasteiger partial charge in [0, 0.05) is 36.2 Å². The number of pyridine rings is 1. The Hall–Kier alpha value is -3.21. The van der Waals surface area contributed by atoms with Crippen LogP contribution in [0.3, 0.4) is 0 Å². The fourth-order valence-electron chi connectivity index (χ4n) is 4.11. The standard InChI is InChI=1S/C25H28ClN5O4S/c26-20-16-19-6-5-12-27-23(19)22(17-20)24(32)28-13-11-18-7-9-21(10-8-18)36(34,35)30-25(33)29-31-14-3-1-2-4-15-31/h5-10,12,16-17H,1-4,11,13-15H2,(H,28,32)(H2,29,30,33). The predicted octanol–water partition coefficient (Wildman–Crippen LogP) is 3.64. The fourth-order valence-corrected chi connectivity index (χ4v) is 5.24. The Morgan fingerprint density at radius 2 is 1.72 bits per heavy atom. The summed E-state index contributed by atoms with van der Waals surface area (Å²) in [6.45, 7) is 1.73. The summed E-state index contributed by atoms with van der Waals surface area (Å²) in [5, 5.41) is 5.83. The third kappa shape index (κ3) is 6.71. The number of hydrazine groups is 1. The molecule has 190 valence electrons. The third-order valence-electron chi connectivity index (χ3n) is 5.94. The molecule has 9 nitrogen and oxygen atoms in total. The van der Waals surface area contributed by atoms with Gasteiger partial charge in [0.15, 0.2) is 0 Å². The van der Waals surface area contributed by atoms with Crippen LogP contribution in [0.15, 0.2) is 59.6 Å². The summed E-state index contributed by atoms with van der Waals surface area (Å²) in [5.74, 6) is -0.292. The Labute approximate surface area is 215 Å². The maximum Gasteiger partial charge on any atom is 0.343 e. The van der Waals surface area contributed by atoms with Crippen molar-refractivity contribution in [2.24, 2.45) is 0 Å². The van der Waals surface area contributed by atoms with Gasteiger partial charge in [-0.25, -0.2) is 22.9 Å². The quantitative estimate of drug-likeness (QED) is 0.430. The number of halogens is 1. The second kappa shape index (κ2) is 11.7. The number of hydrogen-bond acceptors (Lipinski definition) is 6. The molecule has 3 aromatic rings. The highest BCUT2D eigenvalue weighted by Gasteiger charge is 2.20. The highest BCUT2D eigenvalue weighted by atomic mass is 35.5. The van der Waals surface area contributed by atoms with Gasteiger partial charge in [-0.15, -0.1) is 0 Å². The summed E-state index contributed by atoms with van der Waals surface area (Å²) in [4.78, 5) is 29.2. The van der Waals surface area contributed by atoms with Gasteiger partial charge in [0.25, 0.3) is 15.9 Å². The Kier molecular flexibility index (Phi) is 8.40. The number of aromatic nitrogens is 1. The number of benzene rings is 2. The molecule has 0 unspecified atom stereocenters. The Morgan fingerprint density at radius 3 is 2.44 bits per heavy atom. The molecule has 4 rings (SSSR count). The molecule has 0 bridgehead atoms. The van der Waals surface area contributed by atoms with E-state index in [0.717, 1.165) is 36.6 Å². The fraction of sp³-hybridized carbons (Fsp3) is 0.320. The number of fused-ring (bicyclic) bond motifs is 1. The minimum Gasteiger partial charge on any atom is -0.352 e. The van der Waals surface area contributed by atoms with Crippen molar-refractivity contribution < 1.29 is 18.0 Å². The molecule has 1 aliphatic rings. The molecule has 0 spiro atoms. The van der Waals surface area contributed by atoms with E-state index in [0.29, 0.717) is 42.2 Å². The first-order valence-corrected chi connectivity index (χ1v) is 13.7. The van der Waals surface area contributed by atoms with Crippen molar-refractivity contribution in [3.8, 4) is 0 Å². The van der Waals surface area contributed by atoms with Crippen molar-refractivity contribution in [1.82, 2.24) is 25.5 Å². The van der Waals surface area contributed by atoms with Crippen LogP contribution in [0, 0.1) is 0 Å². The Balaban J connectivity index is 1.31. The van der Waals surface area contributed by atoms with Gasteiger partial charge in [-0.2, -0.15) is 0 Å². The third-order valence-corrected chi connectivity index (χ3v) is 7.51. The highest BCUT2D eigenvalue weighted by molar-refractivity contribution is 7.90. The van der Waals surface area contributed by atoms with Crippen molar-refractivity contribution in [2.45, 2.75) is 37.0 Å². The summed E-state index contributed by atoms with van der Waals surface area (Å²) >= 11 is 6.15. The average molecular weight is 530 g/mol. The van der Waals surface area contributed by atoms with Crippen LogP contribution in [-0.2, 0) is 16.4 Å². The zero-order valence-electron chi connectivity index (χ0n) is 19.7. The Morgan fingerprint density at radius 1 is 1.00 bits per heavy atom. The van der Waals surface area contributed by atoms with Gasteiger partial charge in [-0.05, 0) is 55.2 Å². The van der Waals surface area contributed by atoms with Crippen molar-refractivity contribution >= 4 is 44.5 Å². The number of hydrogen-bond donors (Lipinski definition) is 3. The molecule has 11 heteroatoms. The number of urea groups is 1. The molecule has 2 heterocycles. The highest BCUT2D eigenvalue weighted by Crippen LogP contribution is 2.22. The summed E-state index contributed by atoms with van der Waals surface area (Å²) < 4.78 is 27.3. The van der Waals surface area contributed by atoms with Crippen LogP contribution in [0.4, 0.5) is 4.79 Å². The van der Waals surface area contributed by atoms with Crippen LogP contribution >= 0.6 is 11.6 Å². The topological polar surface area (TPSA) is 121 Å². The predicted molar refractivity (Wildman–Crippen MR) is 138 cm³/mol. The molecule has 1 saturated heterocycles. The van der Waals surface area contributed by atoms with Crippen LogP contribution < -0.4 is 15.5 Å². The minimum atomic E-state index is -4.01. The average Bonchev–Trinajstić information content (AvgIpc) is 3.12. The van der Waals surface area contributed by atoms with E-state index in [4.69, 9.17) is 11.6 Å². The lowest BCUT2D eigenvalue weighted by molar-refractivity contribution is 0.0955. The maximum atomic E-state index is 12.7. The molecular weight excluding hydrogens is 502 g/mol. The smallest absolute Gasteiger partial charge is 0.343 e. The zero-order chi connectivity index (χ0) is 25.5. The van der Waals surface area contributed by atoms with Gasteiger partial charge >= 0.3 is 6.03 Å². The van der Waals surface area contributed by atoms with Crippen molar-refractivity contribution in [2.75, 3.05) is 19.6 Å². The van der Waals surface area contributed by atoms with Crippen LogP contribution in [0.25, 0.3) is 10.9 Å². The number of carbonyl (C=O) groups excluding carboxylic acids is 2. The molecule has 1 aliphatic heterocycles. The van der Waals surface area contributed by atoms with Crippen LogP contribution in [-0.4, -0.2) is 50.0 Å². The van der Waals surface area contributed by atoms with Crippen LogP contribution in [0.5, 0.6) is 0 Å². The molecular formula is C25H28ClN5O4S. The van der Waals surface area contributed by atoms with Gasteiger partial charge in [0.05, 0.1) is 16.0 Å². The molecule has 1 fully saturated rings. The van der Waals surface area contributed by atoms with Crippen molar-refractivity contribution in [3.63, 3.8) is 0 Å². The van der Waals surface area contributed by atoms with E-state index in [1.54, 1.807) is 41.5 Å². The molecule has 36 heavy (non-hydrogen) atoms. The van der Waals surface area contributed by atoms with Crippen LogP contribution in [0.1, 0.15) is 41.6 Å². The van der Waals surface area contributed by atoms with E-state index in [2.05, 4.69) is 20.4 Å². The van der Waals surface area contributed by atoms with Crippen molar-refractivity contribution in [3.05, 3.63) is 70.9 Å². The second-order valence-corrected chi connectivity index (χ2v) is 10.7. The normalized spacial score (nSPS) is 14.7. The first-order chi connectivity index (χ1) is 17.3. The number of sulfonamides is 1. The lowest BCUT2D eigenvalue weighted by atomic mass is 10.1. The number of amides is 3.